The molecule has 2 atom stereocenters. The first kappa shape index (κ1) is 18.9. The van der Waals surface area contributed by atoms with Crippen molar-refractivity contribution in [3.8, 4) is 0 Å². The highest BCUT2D eigenvalue weighted by Gasteiger charge is 2.34. The van der Waals surface area contributed by atoms with Crippen molar-refractivity contribution in [3.05, 3.63) is 65.5 Å². The van der Waals surface area contributed by atoms with Crippen LogP contribution < -0.4 is 0 Å². The maximum absolute atomic E-state index is 14.3. The van der Waals surface area contributed by atoms with Crippen molar-refractivity contribution < 1.29 is 22.3 Å². The summed E-state index contributed by atoms with van der Waals surface area (Å²) < 4.78 is 57.9. The van der Waals surface area contributed by atoms with Gasteiger partial charge < -0.3 is 9.72 Å². The minimum atomic E-state index is -4.36. The highest BCUT2D eigenvalue weighted by Crippen LogP contribution is 2.29. The van der Waals surface area contributed by atoms with E-state index in [-0.39, 0.29) is 13.2 Å². The number of aromatic nitrogens is 2. The van der Waals surface area contributed by atoms with Gasteiger partial charge in [-0.05, 0) is 29.8 Å². The van der Waals surface area contributed by atoms with Crippen molar-refractivity contribution in [1.29, 1.82) is 0 Å². The molecule has 0 bridgehead atoms. The monoisotopic (exact) mass is 393 g/mol. The second-order valence-electron chi connectivity index (χ2n) is 6.95. The number of alkyl halides is 4. The molecule has 28 heavy (non-hydrogen) atoms. The van der Waals surface area contributed by atoms with E-state index in [1.165, 1.54) is 12.1 Å². The number of hydrogen-bond donors (Lipinski definition) is 1. The molecular weight excluding hydrogens is 374 g/mol. The molecule has 0 radical (unpaired) electrons. The Labute approximate surface area is 159 Å². The minimum Gasteiger partial charge on any atom is -0.366 e. The van der Waals surface area contributed by atoms with Crippen LogP contribution in [0, 0.1) is 0 Å². The van der Waals surface area contributed by atoms with Gasteiger partial charge in [0.2, 0.25) is 0 Å². The largest absolute Gasteiger partial charge is 0.416 e. The number of para-hydroxylation sites is 2. The van der Waals surface area contributed by atoms with E-state index in [4.69, 9.17) is 4.74 Å². The van der Waals surface area contributed by atoms with Crippen LogP contribution in [0.15, 0.2) is 48.5 Å². The van der Waals surface area contributed by atoms with Gasteiger partial charge in [0.15, 0.2) is 0 Å². The summed E-state index contributed by atoms with van der Waals surface area (Å²) in [4.78, 5) is 9.39. The van der Waals surface area contributed by atoms with Crippen LogP contribution in [0.4, 0.5) is 17.6 Å². The molecule has 0 saturated carbocycles. The lowest BCUT2D eigenvalue weighted by Gasteiger charge is -2.16. The zero-order valence-electron chi connectivity index (χ0n) is 14.9. The number of hydrogen-bond acceptors (Lipinski definition) is 3. The van der Waals surface area contributed by atoms with Gasteiger partial charge in [-0.1, -0.05) is 24.3 Å². The van der Waals surface area contributed by atoms with Crippen molar-refractivity contribution in [2.24, 2.45) is 0 Å². The van der Waals surface area contributed by atoms with E-state index in [0.29, 0.717) is 24.5 Å². The number of imidazole rings is 1. The van der Waals surface area contributed by atoms with E-state index >= 15 is 0 Å². The van der Waals surface area contributed by atoms with Crippen LogP contribution >= 0.6 is 0 Å². The van der Waals surface area contributed by atoms with E-state index in [0.717, 1.165) is 23.2 Å². The van der Waals surface area contributed by atoms with E-state index < -0.39 is 24.0 Å². The lowest BCUT2D eigenvalue weighted by molar-refractivity contribution is -0.137. The normalized spacial score (nSPS) is 20.9. The third-order valence-corrected chi connectivity index (χ3v) is 4.83. The predicted octanol–water partition coefficient (Wildman–Crippen LogP) is 4.32. The highest BCUT2D eigenvalue weighted by atomic mass is 19.4. The summed E-state index contributed by atoms with van der Waals surface area (Å²) in [6.07, 6.45) is -6.10. The van der Waals surface area contributed by atoms with Gasteiger partial charge in [-0.2, -0.15) is 13.2 Å². The zero-order chi connectivity index (χ0) is 19.7. The number of halogens is 4. The molecule has 148 valence electrons. The van der Waals surface area contributed by atoms with Gasteiger partial charge in [0.1, 0.15) is 24.7 Å². The zero-order valence-corrected chi connectivity index (χ0v) is 14.9. The molecule has 0 aliphatic carbocycles. The fourth-order valence-electron chi connectivity index (χ4n) is 3.41. The van der Waals surface area contributed by atoms with Crippen LogP contribution in [-0.2, 0) is 24.1 Å². The number of aromatic amines is 1. The van der Waals surface area contributed by atoms with Crippen LogP contribution in [-0.4, -0.2) is 40.2 Å². The van der Waals surface area contributed by atoms with Crippen LogP contribution in [0.5, 0.6) is 0 Å². The number of nitrogens with one attached hydrogen (secondary N) is 1. The number of rotatable bonds is 5. The Morgan fingerprint density at radius 3 is 2.54 bits per heavy atom. The second-order valence-corrected chi connectivity index (χ2v) is 6.95. The summed E-state index contributed by atoms with van der Waals surface area (Å²) in [6.45, 7) is 1.12. The fourth-order valence-corrected chi connectivity index (χ4v) is 3.41. The molecule has 1 aliphatic rings. The fraction of sp³-hybridized carbons (Fsp3) is 0.350. The summed E-state index contributed by atoms with van der Waals surface area (Å²) >= 11 is 0. The maximum Gasteiger partial charge on any atom is 0.416 e. The molecule has 0 spiro atoms. The minimum absolute atomic E-state index is 0.174. The summed E-state index contributed by atoms with van der Waals surface area (Å²) in [7, 11) is 0. The number of H-pyrrole nitrogens is 1. The van der Waals surface area contributed by atoms with Crippen molar-refractivity contribution in [2.75, 3.05) is 13.1 Å². The lowest BCUT2D eigenvalue weighted by Crippen LogP contribution is -2.24. The molecular formula is C20H19F4N3O. The number of ether oxygens (including phenoxy) is 1. The van der Waals surface area contributed by atoms with E-state index in [1.807, 2.05) is 29.2 Å². The Morgan fingerprint density at radius 2 is 1.82 bits per heavy atom. The highest BCUT2D eigenvalue weighted by molar-refractivity contribution is 5.74. The molecule has 4 rings (SSSR count). The Balaban J connectivity index is 1.32. The van der Waals surface area contributed by atoms with Gasteiger partial charge in [0, 0.05) is 19.6 Å². The first-order valence-corrected chi connectivity index (χ1v) is 8.96. The first-order valence-electron chi connectivity index (χ1n) is 8.96. The van der Waals surface area contributed by atoms with Crippen molar-refractivity contribution in [3.63, 3.8) is 0 Å². The van der Waals surface area contributed by atoms with Gasteiger partial charge in [0.25, 0.3) is 0 Å². The molecule has 0 unspecified atom stereocenters. The third kappa shape index (κ3) is 4.18. The third-order valence-electron chi connectivity index (χ3n) is 4.83. The van der Waals surface area contributed by atoms with Gasteiger partial charge in [-0.3, -0.25) is 4.90 Å². The Hall–Kier alpha value is -2.45. The second kappa shape index (κ2) is 7.52. The molecule has 4 nitrogen and oxygen atoms in total. The van der Waals surface area contributed by atoms with Crippen LogP contribution in [0.25, 0.3) is 11.0 Å². The van der Waals surface area contributed by atoms with Gasteiger partial charge >= 0.3 is 6.18 Å². The standard InChI is InChI=1S/C20H19F4N3O/c21-15-10-27(9-13-5-7-14(8-6-13)20(22,23)24)11-18(15)28-12-19-25-16-3-1-2-4-17(16)26-19/h1-8,15,18H,9-12H2,(H,25,26)/t15-,18+/m1/s1. The molecule has 1 aliphatic heterocycles. The topological polar surface area (TPSA) is 41.1 Å². The van der Waals surface area contributed by atoms with Crippen LogP contribution in [0.1, 0.15) is 17.0 Å². The molecule has 2 heterocycles. The van der Waals surface area contributed by atoms with Crippen molar-refractivity contribution >= 4 is 11.0 Å². The quantitative estimate of drug-likeness (QED) is 0.657. The average Bonchev–Trinajstić information content (AvgIpc) is 3.22. The first-order chi connectivity index (χ1) is 13.4. The summed E-state index contributed by atoms with van der Waals surface area (Å²) in [5.41, 5.74) is 1.74. The number of benzene rings is 2. The number of fused-ring (bicyclic) bond motifs is 1. The van der Waals surface area contributed by atoms with Crippen LogP contribution in [0.3, 0.4) is 0 Å². The van der Waals surface area contributed by atoms with E-state index in [9.17, 15) is 17.6 Å². The van der Waals surface area contributed by atoms with E-state index in [2.05, 4.69) is 9.97 Å². The SMILES string of the molecule is F[C@@H]1CN(Cc2ccc(C(F)(F)F)cc2)C[C@@H]1OCc1nc2ccccc2[nH]1. The number of nitrogens with zero attached hydrogens (tertiary/aromatic N) is 2. The lowest BCUT2D eigenvalue weighted by atomic mass is 10.1. The van der Waals surface area contributed by atoms with Crippen LogP contribution in [0.2, 0.25) is 0 Å². The summed E-state index contributed by atoms with van der Waals surface area (Å²) in [5.74, 6) is 0.634. The van der Waals surface area contributed by atoms with Crippen molar-refractivity contribution in [1.82, 2.24) is 14.9 Å². The Morgan fingerprint density at radius 1 is 1.07 bits per heavy atom. The average molecular weight is 393 g/mol. The molecule has 0 amide bonds. The van der Waals surface area contributed by atoms with Crippen molar-refractivity contribution in [2.45, 2.75) is 31.6 Å². The molecule has 1 aromatic heterocycles. The number of likely N-dealkylation sites (tertiary alicyclic amines) is 1. The maximum atomic E-state index is 14.3. The van der Waals surface area contributed by atoms with E-state index in [1.54, 1.807) is 0 Å². The molecule has 8 heteroatoms. The summed E-state index contributed by atoms with van der Waals surface area (Å²) in [5, 5.41) is 0. The molecule has 3 aromatic rings. The Kier molecular flexibility index (Phi) is 5.07. The predicted molar refractivity (Wildman–Crippen MR) is 96.3 cm³/mol. The van der Waals surface area contributed by atoms with Gasteiger partial charge in [-0.15, -0.1) is 0 Å². The smallest absolute Gasteiger partial charge is 0.366 e. The molecule has 2 aromatic carbocycles. The Bertz CT molecular complexity index is 906. The van der Waals surface area contributed by atoms with Gasteiger partial charge in [0.05, 0.1) is 16.6 Å². The molecule has 1 saturated heterocycles. The van der Waals surface area contributed by atoms with Gasteiger partial charge in [-0.25, -0.2) is 9.37 Å². The molecule has 1 N–H and O–H groups in total. The molecule has 1 fully saturated rings. The summed E-state index contributed by atoms with van der Waals surface area (Å²) in [6, 6.07) is 12.5.